The molecule has 1 unspecified atom stereocenters. The number of rotatable bonds is 7. The lowest BCUT2D eigenvalue weighted by Crippen LogP contribution is -2.28. The van der Waals surface area contributed by atoms with Gasteiger partial charge in [0.2, 0.25) is 0 Å². The summed E-state index contributed by atoms with van der Waals surface area (Å²) in [6.45, 7) is 9.10. The number of pyridine rings is 1. The van der Waals surface area contributed by atoms with Gasteiger partial charge in [0.15, 0.2) is 0 Å². The number of carbonyl (C=O) groups is 3. The highest BCUT2D eigenvalue weighted by atomic mass is 16.4. The molecule has 0 radical (unpaired) electrons. The van der Waals surface area contributed by atoms with E-state index in [1.54, 1.807) is 4.68 Å². The molecular formula is C34H39N5O6. The van der Waals surface area contributed by atoms with Gasteiger partial charge in [-0.3, -0.25) is 14.5 Å². The Bertz CT molecular complexity index is 1750. The Kier molecular flexibility index (Phi) is 11.4. The minimum atomic E-state index is -1.08. The lowest BCUT2D eigenvalue weighted by Gasteiger charge is -2.23. The van der Waals surface area contributed by atoms with Crippen molar-refractivity contribution >= 4 is 34.5 Å². The Morgan fingerprint density at radius 1 is 1.00 bits per heavy atom. The predicted molar refractivity (Wildman–Crippen MR) is 173 cm³/mol. The molecule has 2 aromatic heterocycles. The van der Waals surface area contributed by atoms with E-state index >= 15 is 0 Å². The molecule has 0 fully saturated rings. The van der Waals surface area contributed by atoms with Gasteiger partial charge in [-0.15, -0.1) is 0 Å². The van der Waals surface area contributed by atoms with Gasteiger partial charge in [0.05, 0.1) is 29.2 Å². The fourth-order valence-electron chi connectivity index (χ4n) is 4.79. The van der Waals surface area contributed by atoms with Crippen molar-refractivity contribution in [2.45, 2.75) is 47.2 Å². The van der Waals surface area contributed by atoms with Crippen molar-refractivity contribution in [3.63, 3.8) is 0 Å². The SMILES string of the molecule is CC1(C(=O)O)C=CC=C(C(=O)O)C1.CNCc1c(C)cc(N)cc1C.Cc1ccc2cc(Cn3cc(C(=O)O)cn3)ccc2n1. The number of anilines is 1. The molecule has 0 spiro atoms. The summed E-state index contributed by atoms with van der Waals surface area (Å²) in [6, 6.07) is 14.0. The topological polar surface area (TPSA) is 181 Å². The quantitative estimate of drug-likeness (QED) is 0.175. The van der Waals surface area contributed by atoms with Crippen LogP contribution in [0.4, 0.5) is 5.69 Å². The Balaban J connectivity index is 0.000000194. The molecule has 2 aromatic carbocycles. The molecule has 11 heteroatoms. The number of nitrogens with one attached hydrogen (secondary N) is 1. The van der Waals surface area contributed by atoms with E-state index < -0.39 is 23.3 Å². The first-order chi connectivity index (χ1) is 21.2. The number of carboxylic acids is 3. The number of nitrogens with two attached hydrogens (primary N) is 1. The van der Waals surface area contributed by atoms with E-state index in [0.717, 1.165) is 34.4 Å². The van der Waals surface area contributed by atoms with E-state index in [1.165, 1.54) is 54.2 Å². The minimum absolute atomic E-state index is 0.0359. The highest BCUT2D eigenvalue weighted by Crippen LogP contribution is 2.31. The van der Waals surface area contributed by atoms with Crippen molar-refractivity contribution in [1.82, 2.24) is 20.1 Å². The lowest BCUT2D eigenvalue weighted by atomic mass is 9.80. The Morgan fingerprint density at radius 3 is 2.27 bits per heavy atom. The maximum absolute atomic E-state index is 10.8. The molecule has 45 heavy (non-hydrogen) atoms. The molecule has 1 atom stereocenters. The summed E-state index contributed by atoms with van der Waals surface area (Å²) in [4.78, 5) is 36.6. The van der Waals surface area contributed by atoms with Gasteiger partial charge in [-0.2, -0.15) is 5.10 Å². The van der Waals surface area contributed by atoms with E-state index in [-0.39, 0.29) is 17.6 Å². The Morgan fingerprint density at radius 2 is 1.69 bits per heavy atom. The molecule has 0 saturated carbocycles. The number of aliphatic carboxylic acids is 2. The molecule has 11 nitrogen and oxygen atoms in total. The summed E-state index contributed by atoms with van der Waals surface area (Å²) >= 11 is 0. The number of nitrogen functional groups attached to an aromatic ring is 1. The first-order valence-electron chi connectivity index (χ1n) is 14.2. The summed E-state index contributed by atoms with van der Waals surface area (Å²) < 4.78 is 1.62. The average Bonchev–Trinajstić information content (AvgIpc) is 3.44. The number of nitrogens with zero attached hydrogens (tertiary/aromatic N) is 3. The molecule has 0 amide bonds. The second-order valence-corrected chi connectivity index (χ2v) is 11.1. The summed E-state index contributed by atoms with van der Waals surface area (Å²) in [5.74, 6) is -3.03. The van der Waals surface area contributed by atoms with E-state index in [0.29, 0.717) is 6.54 Å². The average molecular weight is 614 g/mol. The first-order valence-corrected chi connectivity index (χ1v) is 14.2. The summed E-state index contributed by atoms with van der Waals surface area (Å²) in [7, 11) is 1.95. The molecule has 236 valence electrons. The van der Waals surface area contributed by atoms with Crippen molar-refractivity contribution < 1.29 is 29.7 Å². The van der Waals surface area contributed by atoms with Crippen LogP contribution >= 0.6 is 0 Å². The molecule has 2 heterocycles. The monoisotopic (exact) mass is 613 g/mol. The van der Waals surface area contributed by atoms with Crippen molar-refractivity contribution in [3.05, 3.63) is 112 Å². The van der Waals surface area contributed by atoms with Crippen LogP contribution in [0.2, 0.25) is 0 Å². The summed E-state index contributed by atoms with van der Waals surface area (Å²) in [5.41, 5.74) is 12.7. The fourth-order valence-corrected chi connectivity index (χ4v) is 4.79. The highest BCUT2D eigenvalue weighted by Gasteiger charge is 2.34. The molecule has 6 N–H and O–H groups in total. The molecule has 1 aliphatic carbocycles. The third-order valence-electron chi connectivity index (χ3n) is 7.27. The van der Waals surface area contributed by atoms with E-state index in [1.807, 2.05) is 56.4 Å². The van der Waals surface area contributed by atoms with Crippen LogP contribution in [0.15, 0.2) is 78.7 Å². The van der Waals surface area contributed by atoms with Gasteiger partial charge in [0, 0.05) is 35.1 Å². The lowest BCUT2D eigenvalue weighted by molar-refractivity contribution is -0.145. The van der Waals surface area contributed by atoms with Crippen LogP contribution in [-0.4, -0.2) is 55.0 Å². The van der Waals surface area contributed by atoms with Crippen LogP contribution in [0.3, 0.4) is 0 Å². The number of aromatic carboxylic acids is 1. The van der Waals surface area contributed by atoms with E-state index in [9.17, 15) is 14.4 Å². The largest absolute Gasteiger partial charge is 0.481 e. The molecule has 0 aliphatic heterocycles. The number of aromatic nitrogens is 3. The normalized spacial score (nSPS) is 15.3. The van der Waals surface area contributed by atoms with Crippen molar-refractivity contribution in [1.29, 1.82) is 0 Å². The van der Waals surface area contributed by atoms with Gasteiger partial charge in [-0.05, 0) is 93.7 Å². The van der Waals surface area contributed by atoms with Gasteiger partial charge >= 0.3 is 17.9 Å². The zero-order valence-corrected chi connectivity index (χ0v) is 26.0. The second-order valence-electron chi connectivity index (χ2n) is 11.1. The molecular weight excluding hydrogens is 574 g/mol. The zero-order chi connectivity index (χ0) is 33.3. The van der Waals surface area contributed by atoms with Crippen LogP contribution in [0.5, 0.6) is 0 Å². The van der Waals surface area contributed by atoms with E-state index in [4.69, 9.17) is 21.1 Å². The minimum Gasteiger partial charge on any atom is -0.481 e. The molecule has 1 aliphatic rings. The number of hydrogen-bond acceptors (Lipinski definition) is 7. The van der Waals surface area contributed by atoms with Gasteiger partial charge in [0.1, 0.15) is 0 Å². The zero-order valence-electron chi connectivity index (χ0n) is 26.0. The Hall–Kier alpha value is -5.29. The van der Waals surface area contributed by atoms with Crippen LogP contribution in [0.25, 0.3) is 10.9 Å². The molecule has 0 saturated heterocycles. The third-order valence-corrected chi connectivity index (χ3v) is 7.27. The summed E-state index contributed by atoms with van der Waals surface area (Å²) in [6.07, 6.45) is 7.32. The predicted octanol–water partition coefficient (Wildman–Crippen LogP) is 5.14. The number of allylic oxidation sites excluding steroid dienone is 2. The van der Waals surface area contributed by atoms with Crippen LogP contribution in [0, 0.1) is 26.2 Å². The third kappa shape index (κ3) is 9.35. The maximum Gasteiger partial charge on any atom is 0.338 e. The van der Waals surface area contributed by atoms with Crippen molar-refractivity contribution in [2.75, 3.05) is 12.8 Å². The van der Waals surface area contributed by atoms with Crippen LogP contribution in [-0.2, 0) is 22.7 Å². The summed E-state index contributed by atoms with van der Waals surface area (Å²) in [5, 5.41) is 34.6. The van der Waals surface area contributed by atoms with Gasteiger partial charge < -0.3 is 26.4 Å². The molecule has 0 bridgehead atoms. The first kappa shape index (κ1) is 34.2. The van der Waals surface area contributed by atoms with Gasteiger partial charge in [-0.1, -0.05) is 30.4 Å². The molecule has 4 aromatic rings. The van der Waals surface area contributed by atoms with Gasteiger partial charge in [0.25, 0.3) is 0 Å². The smallest absolute Gasteiger partial charge is 0.338 e. The second kappa shape index (κ2) is 14.9. The Labute approximate surface area is 261 Å². The van der Waals surface area contributed by atoms with Crippen LogP contribution < -0.4 is 11.1 Å². The van der Waals surface area contributed by atoms with E-state index in [2.05, 4.69) is 29.2 Å². The number of aryl methyl sites for hydroxylation is 3. The number of fused-ring (bicyclic) bond motifs is 1. The van der Waals surface area contributed by atoms with Crippen molar-refractivity contribution in [3.8, 4) is 0 Å². The van der Waals surface area contributed by atoms with Crippen molar-refractivity contribution in [2.24, 2.45) is 5.41 Å². The number of benzene rings is 2. The number of hydrogen-bond donors (Lipinski definition) is 5. The van der Waals surface area contributed by atoms with Gasteiger partial charge in [-0.25, -0.2) is 9.59 Å². The fraction of sp³-hybridized carbons (Fsp3) is 0.265. The number of carboxylic acid groups (broad SMARTS) is 3. The highest BCUT2D eigenvalue weighted by molar-refractivity contribution is 5.90. The van der Waals surface area contributed by atoms with Crippen LogP contribution in [0.1, 0.15) is 51.7 Å². The standard InChI is InChI=1S/C15H13N3O2.C10H16N2.C9H10O4/c1-10-2-4-12-6-11(3-5-14(12)17-10)8-18-9-13(7-16-18)15(19)20;1-7-4-9(11)5-8(2)10(7)6-12-3;1-9(8(12)13)4-2-3-6(5-9)7(10)11/h2-7,9H,8H2,1H3,(H,19,20);4-5,12H,6,11H2,1-3H3;2-4H,5H2,1H3,(H,10,11)(H,12,13). The maximum atomic E-state index is 10.8. The molecule has 5 rings (SSSR count).